The fourth-order valence-corrected chi connectivity index (χ4v) is 2.52. The van der Waals surface area contributed by atoms with Gasteiger partial charge in [-0.2, -0.15) is 0 Å². The van der Waals surface area contributed by atoms with Gasteiger partial charge in [-0.15, -0.1) is 0 Å². The van der Waals surface area contributed by atoms with Crippen LogP contribution in [0.4, 0.5) is 5.82 Å². The summed E-state index contributed by atoms with van der Waals surface area (Å²) in [7, 11) is 2.04. The number of fused-ring (bicyclic) bond motifs is 1. The second-order valence-electron chi connectivity index (χ2n) is 5.37. The summed E-state index contributed by atoms with van der Waals surface area (Å²) in [5, 5.41) is 1.06. The number of hydrogen-bond acceptors (Lipinski definition) is 4. The Bertz CT molecular complexity index is 774. The van der Waals surface area contributed by atoms with Crippen LogP contribution in [0.15, 0.2) is 54.6 Å². The summed E-state index contributed by atoms with van der Waals surface area (Å²) in [4.78, 5) is 11.7. The number of para-hydroxylation sites is 1. The van der Waals surface area contributed by atoms with Crippen LogP contribution in [0.3, 0.4) is 0 Å². The Kier molecular flexibility index (Phi) is 4.83. The van der Waals surface area contributed by atoms with E-state index in [1.165, 1.54) is 0 Å². The molecule has 0 aliphatic heterocycles. The normalized spacial score (nSPS) is 10.9. The van der Waals surface area contributed by atoms with Crippen molar-refractivity contribution in [1.82, 2.24) is 9.97 Å². The minimum absolute atomic E-state index is 0.687. The highest BCUT2D eigenvalue weighted by atomic mass is 16.5. The van der Waals surface area contributed by atoms with Crippen molar-refractivity contribution in [2.75, 3.05) is 31.7 Å². The molecule has 0 fully saturated rings. The molecule has 3 aromatic rings. The smallest absolute Gasteiger partial charge is 0.162 e. The molecule has 118 valence electrons. The second-order valence-corrected chi connectivity index (χ2v) is 5.37. The van der Waals surface area contributed by atoms with E-state index >= 15 is 0 Å². The SMILES string of the molecule is CCOCCN(C)c1nc(-c2ccccc2)nc2ccccc12. The van der Waals surface area contributed by atoms with Crippen LogP contribution in [0.1, 0.15) is 6.92 Å². The summed E-state index contributed by atoms with van der Waals surface area (Å²) in [6.07, 6.45) is 0. The lowest BCUT2D eigenvalue weighted by atomic mass is 10.2. The molecule has 0 spiro atoms. The van der Waals surface area contributed by atoms with Gasteiger partial charge < -0.3 is 9.64 Å². The second kappa shape index (κ2) is 7.20. The molecular formula is C19H21N3O. The van der Waals surface area contributed by atoms with Gasteiger partial charge in [-0.3, -0.25) is 0 Å². The van der Waals surface area contributed by atoms with E-state index < -0.39 is 0 Å². The largest absolute Gasteiger partial charge is 0.380 e. The standard InChI is InChI=1S/C19H21N3O/c1-3-23-14-13-22(2)19-16-11-7-8-12-17(16)20-18(21-19)15-9-5-4-6-10-15/h4-12H,3,13-14H2,1-2H3. The number of ether oxygens (including phenoxy) is 1. The van der Waals surface area contributed by atoms with Crippen LogP contribution in [0.25, 0.3) is 22.3 Å². The summed E-state index contributed by atoms with van der Waals surface area (Å²) in [6.45, 7) is 4.22. The first-order valence-electron chi connectivity index (χ1n) is 7.90. The maximum absolute atomic E-state index is 5.47. The number of likely N-dealkylation sites (N-methyl/N-ethyl adjacent to an activating group) is 1. The molecule has 23 heavy (non-hydrogen) atoms. The lowest BCUT2D eigenvalue weighted by molar-refractivity contribution is 0.154. The van der Waals surface area contributed by atoms with E-state index in [1.54, 1.807) is 0 Å². The highest BCUT2D eigenvalue weighted by Gasteiger charge is 2.12. The van der Waals surface area contributed by atoms with Crippen molar-refractivity contribution < 1.29 is 4.74 Å². The Balaban J connectivity index is 2.04. The van der Waals surface area contributed by atoms with Crippen LogP contribution in [-0.2, 0) is 4.74 Å². The number of benzene rings is 2. The van der Waals surface area contributed by atoms with Crippen molar-refractivity contribution in [2.45, 2.75) is 6.92 Å². The third-order valence-corrected chi connectivity index (χ3v) is 3.75. The zero-order chi connectivity index (χ0) is 16.1. The van der Waals surface area contributed by atoms with Gasteiger partial charge in [0.15, 0.2) is 5.82 Å². The minimum atomic E-state index is 0.687. The third-order valence-electron chi connectivity index (χ3n) is 3.75. The Labute approximate surface area is 136 Å². The summed E-state index contributed by atoms with van der Waals surface area (Å²) in [5.41, 5.74) is 1.98. The molecule has 0 aliphatic carbocycles. The van der Waals surface area contributed by atoms with Gasteiger partial charge >= 0.3 is 0 Å². The number of aromatic nitrogens is 2. The van der Waals surface area contributed by atoms with Crippen LogP contribution in [0, 0.1) is 0 Å². The predicted molar refractivity (Wildman–Crippen MR) is 94.7 cm³/mol. The average Bonchev–Trinajstić information content (AvgIpc) is 2.61. The van der Waals surface area contributed by atoms with Crippen LogP contribution in [0.5, 0.6) is 0 Å². The molecule has 0 atom stereocenters. The van der Waals surface area contributed by atoms with Gasteiger partial charge in [0.1, 0.15) is 5.82 Å². The summed E-state index contributed by atoms with van der Waals surface area (Å²) < 4.78 is 5.47. The predicted octanol–water partition coefficient (Wildman–Crippen LogP) is 3.77. The first-order chi connectivity index (χ1) is 11.3. The minimum Gasteiger partial charge on any atom is -0.380 e. The number of anilines is 1. The van der Waals surface area contributed by atoms with Crippen molar-refractivity contribution in [3.63, 3.8) is 0 Å². The molecule has 0 aliphatic rings. The molecule has 0 amide bonds. The molecule has 3 rings (SSSR count). The van der Waals surface area contributed by atoms with E-state index in [1.807, 2.05) is 62.5 Å². The summed E-state index contributed by atoms with van der Waals surface area (Å²) in [6, 6.07) is 18.2. The van der Waals surface area contributed by atoms with Gasteiger partial charge in [0, 0.05) is 31.1 Å². The maximum Gasteiger partial charge on any atom is 0.162 e. The lowest BCUT2D eigenvalue weighted by Crippen LogP contribution is -2.24. The van der Waals surface area contributed by atoms with Gasteiger partial charge in [0.25, 0.3) is 0 Å². The average molecular weight is 307 g/mol. The molecule has 1 heterocycles. The van der Waals surface area contributed by atoms with E-state index in [4.69, 9.17) is 14.7 Å². The number of rotatable bonds is 6. The fourth-order valence-electron chi connectivity index (χ4n) is 2.52. The maximum atomic E-state index is 5.47. The van der Waals surface area contributed by atoms with Gasteiger partial charge in [-0.1, -0.05) is 42.5 Å². The quantitative estimate of drug-likeness (QED) is 0.650. The van der Waals surface area contributed by atoms with Crippen LogP contribution in [0.2, 0.25) is 0 Å². The Morgan fingerprint density at radius 1 is 0.957 bits per heavy atom. The molecule has 0 bridgehead atoms. The monoisotopic (exact) mass is 307 g/mol. The van der Waals surface area contributed by atoms with E-state index in [0.29, 0.717) is 6.61 Å². The molecule has 0 N–H and O–H groups in total. The highest BCUT2D eigenvalue weighted by molar-refractivity contribution is 5.90. The molecule has 4 nitrogen and oxygen atoms in total. The lowest BCUT2D eigenvalue weighted by Gasteiger charge is -2.20. The van der Waals surface area contributed by atoms with Crippen molar-refractivity contribution in [1.29, 1.82) is 0 Å². The van der Waals surface area contributed by atoms with Crippen LogP contribution >= 0.6 is 0 Å². The van der Waals surface area contributed by atoms with Gasteiger partial charge in [-0.25, -0.2) is 9.97 Å². The molecular weight excluding hydrogens is 286 g/mol. The molecule has 2 aromatic carbocycles. The molecule has 0 saturated carbocycles. The summed E-state index contributed by atoms with van der Waals surface area (Å²) >= 11 is 0. The third kappa shape index (κ3) is 3.48. The number of hydrogen-bond donors (Lipinski definition) is 0. The first-order valence-corrected chi connectivity index (χ1v) is 7.90. The van der Waals surface area contributed by atoms with Crippen molar-refractivity contribution >= 4 is 16.7 Å². The van der Waals surface area contributed by atoms with E-state index in [2.05, 4.69) is 11.0 Å². The first kappa shape index (κ1) is 15.4. The van der Waals surface area contributed by atoms with E-state index in [-0.39, 0.29) is 0 Å². The van der Waals surface area contributed by atoms with Gasteiger partial charge in [0.2, 0.25) is 0 Å². The molecule has 0 saturated heterocycles. The Hall–Kier alpha value is -2.46. The molecule has 0 radical (unpaired) electrons. The van der Waals surface area contributed by atoms with Crippen LogP contribution < -0.4 is 4.90 Å². The zero-order valence-electron chi connectivity index (χ0n) is 13.6. The Morgan fingerprint density at radius 3 is 2.48 bits per heavy atom. The summed E-state index contributed by atoms with van der Waals surface area (Å²) in [5.74, 6) is 1.69. The van der Waals surface area contributed by atoms with Gasteiger partial charge in [0.05, 0.1) is 12.1 Å². The van der Waals surface area contributed by atoms with E-state index in [9.17, 15) is 0 Å². The Morgan fingerprint density at radius 2 is 1.70 bits per heavy atom. The van der Waals surface area contributed by atoms with Gasteiger partial charge in [-0.05, 0) is 19.1 Å². The van der Waals surface area contributed by atoms with Crippen LogP contribution in [-0.4, -0.2) is 36.8 Å². The van der Waals surface area contributed by atoms with Crippen molar-refractivity contribution in [3.8, 4) is 11.4 Å². The van der Waals surface area contributed by atoms with E-state index in [0.717, 1.165) is 41.3 Å². The topological polar surface area (TPSA) is 38.2 Å². The van der Waals surface area contributed by atoms with Crippen molar-refractivity contribution in [3.05, 3.63) is 54.6 Å². The zero-order valence-corrected chi connectivity index (χ0v) is 13.6. The fraction of sp³-hybridized carbons (Fsp3) is 0.263. The molecule has 0 unspecified atom stereocenters. The number of nitrogens with zero attached hydrogens (tertiary/aromatic N) is 3. The highest BCUT2D eigenvalue weighted by Crippen LogP contribution is 2.26. The van der Waals surface area contributed by atoms with Crippen molar-refractivity contribution in [2.24, 2.45) is 0 Å². The molecule has 1 aromatic heterocycles. The molecule has 4 heteroatoms.